The van der Waals surface area contributed by atoms with Crippen molar-refractivity contribution in [3.8, 4) is 0 Å². The molecule has 53 heavy (non-hydrogen) atoms. The van der Waals surface area contributed by atoms with Crippen LogP contribution in [0.25, 0.3) is 0 Å². The molecule has 13 heteroatoms. The van der Waals surface area contributed by atoms with Gasteiger partial charge < -0.3 is 31.1 Å². The number of hydrogen-bond acceptors (Lipinski definition) is 8. The van der Waals surface area contributed by atoms with Crippen molar-refractivity contribution in [3.63, 3.8) is 0 Å². The Labute approximate surface area is 319 Å². The van der Waals surface area contributed by atoms with E-state index in [1.165, 1.54) is 11.8 Å². The van der Waals surface area contributed by atoms with Crippen molar-refractivity contribution in [2.24, 2.45) is 22.7 Å². The molecular formula is C40H71N7O6. The summed E-state index contributed by atoms with van der Waals surface area (Å²) in [5.41, 5.74) is 0.334. The molecule has 13 nitrogen and oxygen atoms in total. The number of hydrogen-bond donors (Lipinski definition) is 4. The van der Waals surface area contributed by atoms with Crippen LogP contribution in [0, 0.1) is 17.8 Å². The second-order valence-electron chi connectivity index (χ2n) is 14.0. The van der Waals surface area contributed by atoms with E-state index < -0.39 is 24.0 Å². The van der Waals surface area contributed by atoms with E-state index in [0.717, 1.165) is 50.9 Å². The van der Waals surface area contributed by atoms with Crippen molar-refractivity contribution in [2.75, 3.05) is 33.2 Å². The SMILES string of the molecule is C=CCNC=O.CC.CC.CC(=O)C(CC1CC1)NC(=O)C1CCCN1C(=O)CNC(=O)C(NC(=O)C1=NC=CN(C)C1)C1CCCCC1.CC(C)C. The van der Waals surface area contributed by atoms with E-state index in [2.05, 4.69) is 53.6 Å². The molecule has 3 atom stereocenters. The van der Waals surface area contributed by atoms with Gasteiger partial charge in [0.05, 0.1) is 19.1 Å². The first-order valence-corrected chi connectivity index (χ1v) is 19.8. The van der Waals surface area contributed by atoms with E-state index in [4.69, 9.17) is 0 Å². The molecule has 4 rings (SSSR count). The van der Waals surface area contributed by atoms with Crippen LogP contribution in [0.15, 0.2) is 30.0 Å². The van der Waals surface area contributed by atoms with Crippen molar-refractivity contribution in [1.29, 1.82) is 0 Å². The number of carbonyl (C=O) groups excluding carboxylic acids is 6. The Morgan fingerprint density at radius 3 is 2.08 bits per heavy atom. The largest absolute Gasteiger partial charge is 0.373 e. The van der Waals surface area contributed by atoms with Gasteiger partial charge in [-0.25, -0.2) is 0 Å². The monoisotopic (exact) mass is 746 g/mol. The molecule has 0 aromatic heterocycles. The molecule has 2 saturated carbocycles. The zero-order chi connectivity index (χ0) is 40.3. The summed E-state index contributed by atoms with van der Waals surface area (Å²) in [5.74, 6) is -0.217. The normalized spacial score (nSPS) is 18.6. The maximum Gasteiger partial charge on any atom is 0.268 e. The number of carbonyl (C=O) groups is 6. The lowest BCUT2D eigenvalue weighted by Gasteiger charge is -2.31. The van der Waals surface area contributed by atoms with Crippen LogP contribution in [0.1, 0.15) is 120 Å². The average molecular weight is 746 g/mol. The molecule has 2 heterocycles. The van der Waals surface area contributed by atoms with Gasteiger partial charge in [-0.05, 0) is 56.8 Å². The molecule has 1 saturated heterocycles. The predicted molar refractivity (Wildman–Crippen MR) is 213 cm³/mol. The van der Waals surface area contributed by atoms with Crippen LogP contribution in [0.5, 0.6) is 0 Å². The van der Waals surface area contributed by atoms with Gasteiger partial charge in [0, 0.05) is 32.5 Å². The number of Topliss-reactive ketones (excluding diaryl/α,β-unsaturated/α-hetero) is 1. The average Bonchev–Trinajstić information content (AvgIpc) is 3.84. The van der Waals surface area contributed by atoms with Gasteiger partial charge in [0.2, 0.25) is 24.1 Å². The van der Waals surface area contributed by atoms with Crippen molar-refractivity contribution >= 4 is 41.5 Å². The Kier molecular flexibility index (Phi) is 26.3. The fourth-order valence-corrected chi connectivity index (χ4v) is 5.91. The lowest BCUT2D eigenvalue weighted by molar-refractivity contribution is -0.140. The fraction of sp³-hybridized carbons (Fsp3) is 0.725. The topological polar surface area (TPSA) is 169 Å². The lowest BCUT2D eigenvalue weighted by Crippen LogP contribution is -2.56. The fourth-order valence-electron chi connectivity index (χ4n) is 5.91. The van der Waals surface area contributed by atoms with Gasteiger partial charge in [-0.3, -0.25) is 33.8 Å². The summed E-state index contributed by atoms with van der Waals surface area (Å²) in [6.45, 7) is 20.4. The third-order valence-corrected chi connectivity index (χ3v) is 8.61. The summed E-state index contributed by atoms with van der Waals surface area (Å²) in [6.07, 6.45) is 14.3. The van der Waals surface area contributed by atoms with Gasteiger partial charge in [0.25, 0.3) is 5.91 Å². The summed E-state index contributed by atoms with van der Waals surface area (Å²) in [5, 5.41) is 10.9. The number of likely N-dealkylation sites (tertiary alicyclic amines) is 1. The van der Waals surface area contributed by atoms with E-state index in [1.54, 1.807) is 18.5 Å². The Balaban J connectivity index is 0.00000167. The van der Waals surface area contributed by atoms with Crippen LogP contribution >= 0.6 is 0 Å². The molecule has 2 aliphatic carbocycles. The van der Waals surface area contributed by atoms with Gasteiger partial charge in [-0.1, -0.05) is 86.6 Å². The van der Waals surface area contributed by atoms with Crippen LogP contribution in [0.4, 0.5) is 0 Å². The highest BCUT2D eigenvalue weighted by molar-refractivity contribution is 6.40. The van der Waals surface area contributed by atoms with Crippen LogP contribution in [0.2, 0.25) is 0 Å². The highest BCUT2D eigenvalue weighted by Gasteiger charge is 2.38. The minimum absolute atomic E-state index is 0.0180. The first kappa shape index (κ1) is 49.0. The Hall–Kier alpha value is -4.03. The smallest absolute Gasteiger partial charge is 0.268 e. The maximum absolute atomic E-state index is 13.3. The Morgan fingerprint density at radius 2 is 1.57 bits per heavy atom. The first-order valence-electron chi connectivity index (χ1n) is 19.8. The molecule has 0 aromatic carbocycles. The maximum atomic E-state index is 13.3. The van der Waals surface area contributed by atoms with Gasteiger partial charge in [-0.15, -0.1) is 6.58 Å². The summed E-state index contributed by atoms with van der Waals surface area (Å²) in [6, 6.07) is -1.94. The van der Waals surface area contributed by atoms with E-state index in [-0.39, 0.29) is 36.0 Å². The number of nitrogens with zero attached hydrogens (tertiary/aromatic N) is 3. The van der Waals surface area contributed by atoms with Crippen molar-refractivity contribution in [3.05, 3.63) is 25.1 Å². The highest BCUT2D eigenvalue weighted by Crippen LogP contribution is 2.34. The summed E-state index contributed by atoms with van der Waals surface area (Å²) in [7, 11) is 1.84. The molecule has 3 fully saturated rings. The standard InChI is InChI=1S/C28H42N6O5.C4H7NO.C4H10.2C2H6/c1-18(35)21(15-19-10-11-19)31-27(38)23-9-6-13-34(23)24(36)16-30-28(39)25(20-7-4-3-5-8-20)32-26(37)22-17-33(2)14-12-29-22;1-2-3-5-4-6;1-4(2)3;2*1-2/h12,14,19-21,23,25H,3-11,13,15-17H2,1-2H3,(H,30,39)(H,31,38)(H,32,37);2,4H,1,3H2,(H,5,6);4H,1-3H3;2*1-2H3. The molecule has 3 unspecified atom stereocenters. The van der Waals surface area contributed by atoms with Crippen LogP contribution in [-0.2, 0) is 28.8 Å². The first-order chi connectivity index (χ1) is 25.4. The molecule has 0 spiro atoms. The van der Waals surface area contributed by atoms with Crippen LogP contribution in [-0.4, -0.2) is 103 Å². The molecule has 302 valence electrons. The minimum Gasteiger partial charge on any atom is -0.373 e. The highest BCUT2D eigenvalue weighted by atomic mass is 16.2. The number of rotatable bonds is 14. The number of ketones is 1. The molecule has 0 radical (unpaired) electrons. The third-order valence-electron chi connectivity index (χ3n) is 8.61. The van der Waals surface area contributed by atoms with E-state index in [0.29, 0.717) is 56.9 Å². The molecule has 4 aliphatic rings. The minimum atomic E-state index is -0.763. The van der Waals surface area contributed by atoms with Crippen molar-refractivity contribution in [1.82, 2.24) is 31.1 Å². The van der Waals surface area contributed by atoms with Gasteiger partial charge in [0.15, 0.2) is 5.78 Å². The molecular weight excluding hydrogens is 674 g/mol. The summed E-state index contributed by atoms with van der Waals surface area (Å²) >= 11 is 0. The zero-order valence-corrected chi connectivity index (χ0v) is 34.2. The van der Waals surface area contributed by atoms with E-state index >= 15 is 0 Å². The van der Waals surface area contributed by atoms with Crippen LogP contribution in [0.3, 0.4) is 0 Å². The molecule has 4 N–H and O–H groups in total. The second-order valence-corrected chi connectivity index (χ2v) is 14.0. The van der Waals surface area contributed by atoms with Crippen molar-refractivity contribution in [2.45, 2.75) is 138 Å². The van der Waals surface area contributed by atoms with Gasteiger partial charge in [0.1, 0.15) is 17.8 Å². The van der Waals surface area contributed by atoms with Gasteiger partial charge in [-0.2, -0.15) is 0 Å². The number of aliphatic imine (C=N–C) groups is 1. The summed E-state index contributed by atoms with van der Waals surface area (Å²) < 4.78 is 0. The number of nitrogens with one attached hydrogen (secondary N) is 4. The van der Waals surface area contributed by atoms with Crippen molar-refractivity contribution < 1.29 is 28.8 Å². The predicted octanol–water partition coefficient (Wildman–Crippen LogP) is 4.52. The Bertz CT molecular complexity index is 1180. The summed E-state index contributed by atoms with van der Waals surface area (Å²) in [4.78, 5) is 81.4. The van der Waals surface area contributed by atoms with Crippen LogP contribution < -0.4 is 21.3 Å². The molecule has 2 aliphatic heterocycles. The molecule has 0 bridgehead atoms. The van der Waals surface area contributed by atoms with E-state index in [1.807, 2.05) is 39.6 Å². The van der Waals surface area contributed by atoms with E-state index in [9.17, 15) is 28.8 Å². The zero-order valence-electron chi connectivity index (χ0n) is 34.2. The second kappa shape index (κ2) is 28.5. The molecule has 5 amide bonds. The molecule has 0 aromatic rings. The number of amides is 5. The quantitative estimate of drug-likeness (QED) is 0.115. The Morgan fingerprint density at radius 1 is 0.943 bits per heavy atom. The lowest BCUT2D eigenvalue weighted by atomic mass is 9.83. The third kappa shape index (κ3) is 20.1. The van der Waals surface area contributed by atoms with Gasteiger partial charge >= 0.3 is 0 Å².